The Morgan fingerprint density at radius 3 is 2.65 bits per heavy atom. The monoisotopic (exact) mass is 333 g/mol. The van der Waals surface area contributed by atoms with Crippen LogP contribution in [0.1, 0.15) is 28.4 Å². The van der Waals surface area contributed by atoms with Crippen molar-refractivity contribution in [3.05, 3.63) is 57.6 Å². The predicted molar refractivity (Wildman–Crippen MR) is 84.1 cm³/mol. The number of Topliss-reactive ketones (excluding diaryl/α,β-unsaturated/α-hetero) is 1. The molecule has 4 heteroatoms. The van der Waals surface area contributed by atoms with Gasteiger partial charge in [-0.2, -0.15) is 0 Å². The van der Waals surface area contributed by atoms with Crippen molar-refractivity contribution >= 4 is 27.4 Å². The standard InChI is InChI=1S/C16H16BrNO2/c1-10-5-3-4-6-12(10)9-20-16-14(11(2)19)7-13(17)8-15(16)18/h3-8H,9,18H2,1-2H3. The lowest BCUT2D eigenvalue weighted by Crippen LogP contribution is -2.05. The smallest absolute Gasteiger partial charge is 0.163 e. The Morgan fingerprint density at radius 1 is 1.30 bits per heavy atom. The van der Waals surface area contributed by atoms with Gasteiger partial charge in [-0.3, -0.25) is 4.79 Å². The molecule has 0 aliphatic rings. The largest absolute Gasteiger partial charge is 0.486 e. The SMILES string of the molecule is CC(=O)c1cc(Br)cc(N)c1OCc1ccccc1C. The van der Waals surface area contributed by atoms with Crippen molar-refractivity contribution in [2.45, 2.75) is 20.5 Å². The minimum atomic E-state index is -0.0715. The summed E-state index contributed by atoms with van der Waals surface area (Å²) in [6.07, 6.45) is 0. The fraction of sp³-hybridized carbons (Fsp3) is 0.188. The zero-order valence-electron chi connectivity index (χ0n) is 11.4. The second-order valence-corrected chi connectivity index (χ2v) is 5.56. The fourth-order valence-electron chi connectivity index (χ4n) is 1.96. The maximum absolute atomic E-state index is 11.7. The predicted octanol–water partition coefficient (Wildman–Crippen LogP) is 4.12. The Hall–Kier alpha value is -1.81. The highest BCUT2D eigenvalue weighted by atomic mass is 79.9. The molecule has 0 amide bonds. The summed E-state index contributed by atoms with van der Waals surface area (Å²) < 4.78 is 6.55. The molecule has 0 fully saturated rings. The molecule has 0 spiro atoms. The number of rotatable bonds is 4. The molecule has 0 heterocycles. The number of nitrogens with two attached hydrogens (primary N) is 1. The van der Waals surface area contributed by atoms with Gasteiger partial charge >= 0.3 is 0 Å². The first-order valence-electron chi connectivity index (χ1n) is 6.26. The molecule has 0 aromatic heterocycles. The van der Waals surface area contributed by atoms with Crippen molar-refractivity contribution in [3.8, 4) is 5.75 Å². The normalized spacial score (nSPS) is 10.3. The zero-order valence-corrected chi connectivity index (χ0v) is 13.0. The Kier molecular flexibility index (Phi) is 4.45. The third kappa shape index (κ3) is 3.20. The molecule has 3 nitrogen and oxygen atoms in total. The van der Waals surface area contributed by atoms with E-state index in [1.165, 1.54) is 6.92 Å². The van der Waals surface area contributed by atoms with Crippen LogP contribution in [0.25, 0.3) is 0 Å². The molecule has 2 N–H and O–H groups in total. The van der Waals surface area contributed by atoms with E-state index in [0.29, 0.717) is 23.6 Å². The summed E-state index contributed by atoms with van der Waals surface area (Å²) in [4.78, 5) is 11.7. The van der Waals surface area contributed by atoms with Gasteiger partial charge in [0, 0.05) is 4.47 Å². The average Bonchev–Trinajstić information content (AvgIpc) is 2.38. The van der Waals surface area contributed by atoms with Crippen molar-refractivity contribution in [2.24, 2.45) is 0 Å². The van der Waals surface area contributed by atoms with Gasteiger partial charge in [0.1, 0.15) is 6.61 Å². The molecule has 2 aromatic rings. The van der Waals surface area contributed by atoms with Gasteiger partial charge in [-0.05, 0) is 37.1 Å². The lowest BCUT2D eigenvalue weighted by atomic mass is 10.1. The van der Waals surface area contributed by atoms with Gasteiger partial charge in [0.05, 0.1) is 11.3 Å². The molecule has 2 aromatic carbocycles. The highest BCUT2D eigenvalue weighted by molar-refractivity contribution is 9.10. The lowest BCUT2D eigenvalue weighted by Gasteiger charge is -2.14. The molecular weight excluding hydrogens is 318 g/mol. The molecule has 0 unspecified atom stereocenters. The van der Waals surface area contributed by atoms with E-state index in [2.05, 4.69) is 15.9 Å². The highest BCUT2D eigenvalue weighted by Crippen LogP contribution is 2.32. The van der Waals surface area contributed by atoms with Gasteiger partial charge in [-0.1, -0.05) is 40.2 Å². The Labute approximate surface area is 126 Å². The summed E-state index contributed by atoms with van der Waals surface area (Å²) in [6.45, 7) is 3.91. The summed E-state index contributed by atoms with van der Waals surface area (Å²) >= 11 is 3.34. The molecule has 0 aliphatic heterocycles. The highest BCUT2D eigenvalue weighted by Gasteiger charge is 2.14. The summed E-state index contributed by atoms with van der Waals surface area (Å²) in [5.41, 5.74) is 9.12. The first kappa shape index (κ1) is 14.6. The number of carbonyl (C=O) groups is 1. The van der Waals surface area contributed by atoms with Crippen molar-refractivity contribution in [2.75, 3.05) is 5.73 Å². The van der Waals surface area contributed by atoms with Gasteiger partial charge in [0.2, 0.25) is 0 Å². The third-order valence-electron chi connectivity index (χ3n) is 3.09. The van der Waals surface area contributed by atoms with Crippen LogP contribution in [0.15, 0.2) is 40.9 Å². The summed E-state index contributed by atoms with van der Waals surface area (Å²) in [5, 5.41) is 0. The average molecular weight is 334 g/mol. The molecule has 0 radical (unpaired) electrons. The maximum atomic E-state index is 11.7. The number of carbonyl (C=O) groups excluding carboxylic acids is 1. The zero-order chi connectivity index (χ0) is 14.7. The molecule has 0 saturated heterocycles. The number of hydrogen-bond acceptors (Lipinski definition) is 3. The van der Waals surface area contributed by atoms with Crippen LogP contribution < -0.4 is 10.5 Å². The minimum absolute atomic E-state index is 0.0715. The van der Waals surface area contributed by atoms with Gasteiger partial charge in [0.25, 0.3) is 0 Å². The number of halogens is 1. The van der Waals surface area contributed by atoms with Crippen molar-refractivity contribution < 1.29 is 9.53 Å². The molecule has 0 atom stereocenters. The fourth-order valence-corrected chi connectivity index (χ4v) is 2.43. The van der Waals surface area contributed by atoms with Crippen molar-refractivity contribution in [3.63, 3.8) is 0 Å². The molecule has 0 aliphatic carbocycles. The number of anilines is 1. The summed E-state index contributed by atoms with van der Waals surface area (Å²) in [5.74, 6) is 0.377. The number of nitrogen functional groups attached to an aromatic ring is 1. The summed E-state index contributed by atoms with van der Waals surface area (Å²) in [7, 11) is 0. The number of ketones is 1. The summed E-state index contributed by atoms with van der Waals surface area (Å²) in [6, 6.07) is 11.4. The van der Waals surface area contributed by atoms with Gasteiger partial charge in [0.15, 0.2) is 11.5 Å². The maximum Gasteiger partial charge on any atom is 0.163 e. The molecule has 0 bridgehead atoms. The molecule has 20 heavy (non-hydrogen) atoms. The van der Waals surface area contributed by atoms with E-state index >= 15 is 0 Å². The van der Waals surface area contributed by atoms with Gasteiger partial charge in [-0.15, -0.1) is 0 Å². The van der Waals surface area contributed by atoms with E-state index in [4.69, 9.17) is 10.5 Å². The number of aryl methyl sites for hydroxylation is 1. The van der Waals surface area contributed by atoms with Gasteiger partial charge < -0.3 is 10.5 Å². The van der Waals surface area contributed by atoms with Crippen LogP contribution in [0, 0.1) is 6.92 Å². The second kappa shape index (κ2) is 6.09. The van der Waals surface area contributed by atoms with E-state index in [1.54, 1.807) is 12.1 Å². The number of ether oxygens (including phenoxy) is 1. The van der Waals surface area contributed by atoms with Crippen LogP contribution >= 0.6 is 15.9 Å². The van der Waals surface area contributed by atoms with Crippen molar-refractivity contribution in [1.29, 1.82) is 0 Å². The van der Waals surface area contributed by atoms with E-state index in [-0.39, 0.29) is 5.78 Å². The molecule has 104 valence electrons. The van der Waals surface area contributed by atoms with Crippen molar-refractivity contribution in [1.82, 2.24) is 0 Å². The first-order chi connectivity index (χ1) is 9.49. The first-order valence-corrected chi connectivity index (χ1v) is 7.05. The molecule has 2 rings (SSSR count). The number of benzene rings is 2. The quantitative estimate of drug-likeness (QED) is 0.676. The lowest BCUT2D eigenvalue weighted by molar-refractivity contribution is 0.101. The van der Waals surface area contributed by atoms with E-state index in [9.17, 15) is 4.79 Å². The van der Waals surface area contributed by atoms with E-state index in [0.717, 1.165) is 15.6 Å². The van der Waals surface area contributed by atoms with Crippen LogP contribution in [-0.4, -0.2) is 5.78 Å². The third-order valence-corrected chi connectivity index (χ3v) is 3.55. The van der Waals surface area contributed by atoms with Crippen LogP contribution in [-0.2, 0) is 6.61 Å². The molecule has 0 saturated carbocycles. The van der Waals surface area contributed by atoms with Gasteiger partial charge in [-0.25, -0.2) is 0 Å². The van der Waals surface area contributed by atoms with Crippen LogP contribution in [0.5, 0.6) is 5.75 Å². The Balaban J connectivity index is 2.30. The van der Waals surface area contributed by atoms with E-state index < -0.39 is 0 Å². The van der Waals surface area contributed by atoms with E-state index in [1.807, 2.05) is 31.2 Å². The van der Waals surface area contributed by atoms with Crippen LogP contribution in [0.2, 0.25) is 0 Å². The van der Waals surface area contributed by atoms with Crippen LogP contribution in [0.4, 0.5) is 5.69 Å². The Morgan fingerprint density at radius 2 is 2.00 bits per heavy atom. The van der Waals surface area contributed by atoms with Crippen LogP contribution in [0.3, 0.4) is 0 Å². The minimum Gasteiger partial charge on any atom is -0.486 e. The number of hydrogen-bond donors (Lipinski definition) is 1. The Bertz CT molecular complexity index is 653. The second-order valence-electron chi connectivity index (χ2n) is 4.64. The molecular formula is C16H16BrNO2. The topological polar surface area (TPSA) is 52.3 Å².